The van der Waals surface area contributed by atoms with Gasteiger partial charge in [0.2, 0.25) is 0 Å². The second-order valence-electron chi connectivity index (χ2n) is 8.96. The van der Waals surface area contributed by atoms with Crippen LogP contribution in [0.2, 0.25) is 6.04 Å². The average Bonchev–Trinajstić information content (AvgIpc) is 2.95. The molecule has 0 atom stereocenters. The number of esters is 1. The quantitative estimate of drug-likeness (QED) is 0.0692. The molecule has 37 heavy (non-hydrogen) atoms. The Morgan fingerprint density at radius 2 is 1.14 bits per heavy atom. The van der Waals surface area contributed by atoms with Crippen molar-refractivity contribution in [2.24, 2.45) is 0 Å². The predicted molar refractivity (Wildman–Crippen MR) is 149 cm³/mol. The molecule has 0 amide bonds. The van der Waals surface area contributed by atoms with E-state index in [2.05, 4.69) is 6.07 Å². The maximum atomic E-state index is 12.8. The summed E-state index contributed by atoms with van der Waals surface area (Å²) in [7, 11) is 2.55. The van der Waals surface area contributed by atoms with Crippen LogP contribution in [0.15, 0.2) is 66.2 Å². The average molecular weight is 524 g/mol. The number of unbranched alkanes of at least 4 members (excludes halogenated alkanes) is 8. The molecule has 0 unspecified atom stereocenters. The molecule has 200 valence electrons. The zero-order chi connectivity index (χ0) is 26.8. The molecule has 0 aliphatic rings. The lowest BCUT2D eigenvalue weighted by atomic mass is 9.93. The minimum Gasteiger partial charge on any atom is -0.462 e. The molecule has 2 aromatic rings. The molecule has 6 nitrogen and oxygen atoms in total. The van der Waals surface area contributed by atoms with Gasteiger partial charge < -0.3 is 18.0 Å². The highest BCUT2D eigenvalue weighted by molar-refractivity contribution is 6.60. The van der Waals surface area contributed by atoms with E-state index in [-0.39, 0.29) is 5.57 Å². The molecule has 0 fully saturated rings. The zero-order valence-corrected chi connectivity index (χ0v) is 23.5. The van der Waals surface area contributed by atoms with E-state index in [0.29, 0.717) is 12.2 Å². The van der Waals surface area contributed by atoms with Gasteiger partial charge in [-0.05, 0) is 24.0 Å². The predicted octanol–water partition coefficient (Wildman–Crippen LogP) is 6.94. The van der Waals surface area contributed by atoms with Crippen LogP contribution < -0.4 is 0 Å². The van der Waals surface area contributed by atoms with E-state index in [1.165, 1.54) is 25.7 Å². The summed E-state index contributed by atoms with van der Waals surface area (Å²) in [6.45, 7) is 0.324. The van der Waals surface area contributed by atoms with Gasteiger partial charge in [-0.25, -0.2) is 4.79 Å². The second-order valence-corrected chi connectivity index (χ2v) is 12.0. The van der Waals surface area contributed by atoms with Gasteiger partial charge in [0, 0.05) is 32.9 Å². The van der Waals surface area contributed by atoms with Gasteiger partial charge in [0.25, 0.3) is 0 Å². The van der Waals surface area contributed by atoms with Crippen LogP contribution in [0.4, 0.5) is 0 Å². The van der Waals surface area contributed by atoms with E-state index < -0.39 is 14.8 Å². The number of ether oxygens (including phenoxy) is 1. The van der Waals surface area contributed by atoms with E-state index in [4.69, 9.17) is 18.0 Å². The van der Waals surface area contributed by atoms with E-state index in [1.54, 1.807) is 21.3 Å². The Morgan fingerprint density at radius 3 is 1.57 bits per heavy atom. The molecule has 2 aromatic carbocycles. The first-order chi connectivity index (χ1) is 18.1. The van der Waals surface area contributed by atoms with E-state index in [0.717, 1.165) is 49.3 Å². The lowest BCUT2D eigenvalue weighted by Gasteiger charge is -2.24. The normalized spacial score (nSPS) is 11.1. The fourth-order valence-electron chi connectivity index (χ4n) is 4.34. The second kappa shape index (κ2) is 17.7. The molecule has 0 N–H and O–H groups in total. The summed E-state index contributed by atoms with van der Waals surface area (Å²) < 4.78 is 21.9. The van der Waals surface area contributed by atoms with Gasteiger partial charge >= 0.3 is 14.8 Å². The summed E-state index contributed by atoms with van der Waals surface area (Å²) in [6, 6.07) is 22.0. The van der Waals surface area contributed by atoms with Crippen molar-refractivity contribution in [1.29, 1.82) is 5.26 Å². The number of nitrogens with zero attached hydrogens (tertiary/aromatic N) is 1. The highest BCUT2D eigenvalue weighted by atomic mass is 28.4. The van der Waals surface area contributed by atoms with Crippen LogP contribution in [0.25, 0.3) is 5.57 Å². The van der Waals surface area contributed by atoms with Crippen LogP contribution in [0.5, 0.6) is 0 Å². The van der Waals surface area contributed by atoms with Crippen molar-refractivity contribution in [2.75, 3.05) is 27.9 Å². The standard InChI is InChI=1S/C30H41NO5Si/c1-33-37(34-2,35-3)24-18-10-8-6-4-5-7-9-17-23-36-30(32)28(25-31)29(26-19-13-11-14-20-26)27-21-15-12-16-22-27/h11-16,19-22H,4-10,17-18,23-24H2,1-3H3. The van der Waals surface area contributed by atoms with Gasteiger partial charge in [0.05, 0.1) is 6.61 Å². The number of carbonyl (C=O) groups excluding carboxylic acids is 1. The summed E-state index contributed by atoms with van der Waals surface area (Å²) in [4.78, 5) is 12.8. The van der Waals surface area contributed by atoms with Crippen molar-refractivity contribution in [3.63, 3.8) is 0 Å². The van der Waals surface area contributed by atoms with E-state index >= 15 is 0 Å². The van der Waals surface area contributed by atoms with Crippen LogP contribution in [0.3, 0.4) is 0 Å². The van der Waals surface area contributed by atoms with Crippen molar-refractivity contribution in [3.05, 3.63) is 77.4 Å². The number of rotatable bonds is 18. The van der Waals surface area contributed by atoms with Crippen LogP contribution in [0, 0.1) is 11.3 Å². The number of hydrogen-bond acceptors (Lipinski definition) is 6. The van der Waals surface area contributed by atoms with Crippen LogP contribution in [0.1, 0.15) is 68.9 Å². The molecule has 2 rings (SSSR count). The molecule has 7 heteroatoms. The molecular formula is C30H41NO5Si. The largest absolute Gasteiger partial charge is 0.500 e. The zero-order valence-electron chi connectivity index (χ0n) is 22.5. The topological polar surface area (TPSA) is 77.8 Å². The number of hydrogen-bond donors (Lipinski definition) is 0. The van der Waals surface area contributed by atoms with Gasteiger partial charge in [0.15, 0.2) is 0 Å². The summed E-state index contributed by atoms with van der Waals surface area (Å²) >= 11 is 0. The van der Waals surface area contributed by atoms with Crippen LogP contribution in [-0.2, 0) is 22.8 Å². The molecule has 0 radical (unpaired) electrons. The summed E-state index contributed by atoms with van der Waals surface area (Å²) in [5.74, 6) is -0.562. The lowest BCUT2D eigenvalue weighted by molar-refractivity contribution is -0.138. The molecule has 0 bridgehead atoms. The number of benzene rings is 2. The summed E-state index contributed by atoms with van der Waals surface area (Å²) in [6.07, 6.45) is 9.94. The minimum atomic E-state index is -2.43. The SMILES string of the molecule is CO[Si](CCCCCCCCCCCOC(=O)C(C#N)=C(c1ccccc1)c1ccccc1)(OC)OC. The van der Waals surface area contributed by atoms with E-state index in [9.17, 15) is 10.1 Å². The van der Waals surface area contributed by atoms with Crippen molar-refractivity contribution in [1.82, 2.24) is 0 Å². The highest BCUT2D eigenvalue weighted by Gasteiger charge is 2.36. The molecule has 0 saturated heterocycles. The third-order valence-electron chi connectivity index (χ3n) is 6.48. The van der Waals surface area contributed by atoms with E-state index in [1.807, 2.05) is 60.7 Å². The Labute approximate surface area is 223 Å². The Kier molecular flexibility index (Phi) is 14.5. The van der Waals surface area contributed by atoms with Crippen LogP contribution >= 0.6 is 0 Å². The molecule has 0 spiro atoms. The molecule has 0 aliphatic heterocycles. The van der Waals surface area contributed by atoms with Gasteiger partial charge in [-0.3, -0.25) is 0 Å². The van der Waals surface area contributed by atoms with Gasteiger partial charge in [-0.15, -0.1) is 0 Å². The Balaban J connectivity index is 1.69. The molecule has 0 saturated carbocycles. The number of nitriles is 1. The van der Waals surface area contributed by atoms with Crippen molar-refractivity contribution in [3.8, 4) is 6.07 Å². The summed E-state index contributed by atoms with van der Waals surface area (Å²) in [5, 5.41) is 9.82. The third-order valence-corrected chi connectivity index (χ3v) is 9.32. The van der Waals surface area contributed by atoms with Crippen LogP contribution in [-0.4, -0.2) is 42.7 Å². The first-order valence-electron chi connectivity index (χ1n) is 13.2. The maximum Gasteiger partial charge on any atom is 0.500 e. The Morgan fingerprint density at radius 1 is 0.703 bits per heavy atom. The van der Waals surface area contributed by atoms with Gasteiger partial charge in [-0.1, -0.05) is 106 Å². The van der Waals surface area contributed by atoms with Crippen molar-refractivity contribution in [2.45, 2.75) is 63.8 Å². The Bertz CT molecular complexity index is 934. The Hall–Kier alpha value is -2.76. The van der Waals surface area contributed by atoms with Crippen molar-refractivity contribution < 1.29 is 22.8 Å². The fourth-order valence-corrected chi connectivity index (χ4v) is 6.14. The molecule has 0 aromatic heterocycles. The van der Waals surface area contributed by atoms with Gasteiger partial charge in [-0.2, -0.15) is 5.26 Å². The fraction of sp³-hybridized carbons (Fsp3) is 0.467. The third kappa shape index (κ3) is 10.3. The first kappa shape index (κ1) is 30.5. The first-order valence-corrected chi connectivity index (χ1v) is 15.1. The molecular weight excluding hydrogens is 482 g/mol. The minimum absolute atomic E-state index is 0.0406. The number of carbonyl (C=O) groups is 1. The van der Waals surface area contributed by atoms with Crippen molar-refractivity contribution >= 4 is 20.3 Å². The lowest BCUT2D eigenvalue weighted by Crippen LogP contribution is -2.42. The molecule has 0 aliphatic carbocycles. The summed E-state index contributed by atoms with van der Waals surface area (Å²) in [5.41, 5.74) is 2.28. The highest BCUT2D eigenvalue weighted by Crippen LogP contribution is 2.27. The monoisotopic (exact) mass is 523 g/mol. The molecule has 0 heterocycles. The smallest absolute Gasteiger partial charge is 0.462 e. The maximum absolute atomic E-state index is 12.8. The van der Waals surface area contributed by atoms with Gasteiger partial charge in [0.1, 0.15) is 11.6 Å².